The first-order valence-electron chi connectivity index (χ1n) is 6.82. The van der Waals surface area contributed by atoms with Gasteiger partial charge in [-0.1, -0.05) is 6.92 Å². The van der Waals surface area contributed by atoms with Crippen molar-refractivity contribution in [2.75, 3.05) is 35.3 Å². The first-order chi connectivity index (χ1) is 9.61. The van der Waals surface area contributed by atoms with Gasteiger partial charge in [-0.05, 0) is 18.6 Å². The fraction of sp³-hybridized carbons (Fsp3) is 0.615. The quantitative estimate of drug-likeness (QED) is 0.643. The van der Waals surface area contributed by atoms with Gasteiger partial charge in [0.15, 0.2) is 0 Å². The van der Waals surface area contributed by atoms with Gasteiger partial charge < -0.3 is 10.2 Å². The van der Waals surface area contributed by atoms with E-state index >= 15 is 0 Å². The van der Waals surface area contributed by atoms with Crippen molar-refractivity contribution in [1.29, 1.82) is 0 Å². The summed E-state index contributed by atoms with van der Waals surface area (Å²) in [5, 5.41) is 14.2. The molecule has 0 bridgehead atoms. The zero-order chi connectivity index (χ0) is 14.5. The molecule has 0 radical (unpaired) electrons. The molecule has 0 aromatic carbocycles. The molecule has 0 aliphatic carbocycles. The van der Waals surface area contributed by atoms with Gasteiger partial charge in [-0.15, -0.1) is 0 Å². The summed E-state index contributed by atoms with van der Waals surface area (Å²) in [7, 11) is 1.96. The maximum absolute atomic E-state index is 11.1. The number of aromatic nitrogens is 1. The Labute approximate surface area is 123 Å². The van der Waals surface area contributed by atoms with E-state index in [-0.39, 0.29) is 10.6 Å². The number of anilines is 2. The molecule has 2 heterocycles. The van der Waals surface area contributed by atoms with Crippen molar-refractivity contribution in [3.63, 3.8) is 0 Å². The van der Waals surface area contributed by atoms with Crippen LogP contribution in [0.4, 0.5) is 17.3 Å². The minimum atomic E-state index is -0.362. The van der Waals surface area contributed by atoms with Crippen LogP contribution in [0.25, 0.3) is 0 Å². The molecule has 0 spiro atoms. The Morgan fingerprint density at radius 2 is 2.40 bits per heavy atom. The lowest BCUT2D eigenvalue weighted by Gasteiger charge is -2.25. The molecule has 1 aromatic rings. The van der Waals surface area contributed by atoms with Crippen LogP contribution in [0.1, 0.15) is 19.8 Å². The molecule has 1 aliphatic heterocycles. The van der Waals surface area contributed by atoms with Crippen molar-refractivity contribution >= 4 is 29.1 Å². The van der Waals surface area contributed by atoms with Crippen molar-refractivity contribution in [3.05, 3.63) is 22.2 Å². The lowest BCUT2D eigenvalue weighted by atomic mass is 10.2. The number of rotatable bonds is 6. The van der Waals surface area contributed by atoms with E-state index in [1.165, 1.54) is 6.07 Å². The van der Waals surface area contributed by atoms with Crippen LogP contribution < -0.4 is 10.2 Å². The van der Waals surface area contributed by atoms with Crippen LogP contribution in [0.3, 0.4) is 0 Å². The fourth-order valence-electron chi connectivity index (χ4n) is 2.15. The zero-order valence-corrected chi connectivity index (χ0v) is 12.7. The number of nitrogens with one attached hydrogen (secondary N) is 1. The van der Waals surface area contributed by atoms with E-state index in [1.54, 1.807) is 6.07 Å². The molecular weight excluding hydrogens is 276 g/mol. The molecule has 0 amide bonds. The van der Waals surface area contributed by atoms with Gasteiger partial charge in [0, 0.05) is 25.4 Å². The van der Waals surface area contributed by atoms with Gasteiger partial charge in [0.05, 0.1) is 17.1 Å². The second-order valence-corrected chi connectivity index (χ2v) is 6.03. The summed E-state index contributed by atoms with van der Waals surface area (Å²) in [6, 6.07) is 3.46. The Morgan fingerprint density at radius 1 is 1.60 bits per heavy atom. The summed E-state index contributed by atoms with van der Waals surface area (Å²) in [6.07, 6.45) is 2.05. The van der Waals surface area contributed by atoms with Crippen molar-refractivity contribution in [1.82, 2.24) is 4.98 Å². The van der Waals surface area contributed by atoms with E-state index in [0.29, 0.717) is 17.7 Å². The van der Waals surface area contributed by atoms with Gasteiger partial charge in [-0.3, -0.25) is 10.1 Å². The predicted molar refractivity (Wildman–Crippen MR) is 83.8 cm³/mol. The number of thioether (sulfide) groups is 1. The molecule has 0 saturated carbocycles. The third-order valence-corrected chi connectivity index (χ3v) is 4.52. The topological polar surface area (TPSA) is 71.3 Å². The summed E-state index contributed by atoms with van der Waals surface area (Å²) >= 11 is 1.91. The Hall–Kier alpha value is -1.50. The molecular formula is C13H20N4O2S. The Morgan fingerprint density at radius 3 is 3.00 bits per heavy atom. The molecule has 1 fully saturated rings. The third kappa shape index (κ3) is 3.53. The molecule has 1 atom stereocenters. The van der Waals surface area contributed by atoms with Gasteiger partial charge in [0.1, 0.15) is 11.6 Å². The Balaban J connectivity index is 2.25. The van der Waals surface area contributed by atoms with E-state index < -0.39 is 0 Å². The second kappa shape index (κ2) is 6.78. The Bertz CT molecular complexity index is 477. The van der Waals surface area contributed by atoms with Crippen LogP contribution in [0, 0.1) is 10.1 Å². The molecule has 1 N–H and O–H groups in total. The SMILES string of the molecule is CCCNc1cc([N+](=O)[O-])cc(N(C)C2CCSC2)n1. The number of hydrogen-bond acceptors (Lipinski definition) is 6. The summed E-state index contributed by atoms with van der Waals surface area (Å²) in [6.45, 7) is 2.81. The molecule has 20 heavy (non-hydrogen) atoms. The van der Waals surface area contributed by atoms with Crippen LogP contribution >= 0.6 is 11.8 Å². The summed E-state index contributed by atoms with van der Waals surface area (Å²) in [5.41, 5.74) is 0.0890. The molecule has 110 valence electrons. The van der Waals surface area contributed by atoms with Gasteiger partial charge in [-0.2, -0.15) is 11.8 Å². The van der Waals surface area contributed by atoms with E-state index in [1.807, 2.05) is 25.7 Å². The van der Waals surface area contributed by atoms with Gasteiger partial charge in [-0.25, -0.2) is 4.98 Å². The van der Waals surface area contributed by atoms with Crippen LogP contribution in [-0.2, 0) is 0 Å². The number of nitrogens with zero attached hydrogens (tertiary/aromatic N) is 3. The second-order valence-electron chi connectivity index (χ2n) is 4.88. The smallest absolute Gasteiger partial charge is 0.276 e. The highest BCUT2D eigenvalue weighted by molar-refractivity contribution is 7.99. The monoisotopic (exact) mass is 296 g/mol. The van der Waals surface area contributed by atoms with Crippen molar-refractivity contribution in [2.45, 2.75) is 25.8 Å². The highest BCUT2D eigenvalue weighted by Gasteiger charge is 2.23. The maximum atomic E-state index is 11.1. The maximum Gasteiger partial charge on any atom is 0.276 e. The van der Waals surface area contributed by atoms with Crippen LogP contribution in [0.5, 0.6) is 0 Å². The molecule has 1 unspecified atom stereocenters. The number of hydrogen-bond donors (Lipinski definition) is 1. The lowest BCUT2D eigenvalue weighted by molar-refractivity contribution is -0.384. The Kier molecular flexibility index (Phi) is 5.05. The van der Waals surface area contributed by atoms with Crippen molar-refractivity contribution in [2.24, 2.45) is 0 Å². The first-order valence-corrected chi connectivity index (χ1v) is 7.98. The van der Waals surface area contributed by atoms with Crippen molar-refractivity contribution in [3.8, 4) is 0 Å². The fourth-order valence-corrected chi connectivity index (χ4v) is 3.41. The molecule has 6 nitrogen and oxygen atoms in total. The van der Waals surface area contributed by atoms with Gasteiger partial charge in [0.25, 0.3) is 5.69 Å². The third-order valence-electron chi connectivity index (χ3n) is 3.38. The average Bonchev–Trinajstić information content (AvgIpc) is 2.98. The highest BCUT2D eigenvalue weighted by atomic mass is 32.2. The molecule has 2 rings (SSSR count). The van der Waals surface area contributed by atoms with Crippen molar-refractivity contribution < 1.29 is 4.92 Å². The molecule has 1 saturated heterocycles. The average molecular weight is 296 g/mol. The van der Waals surface area contributed by atoms with E-state index in [4.69, 9.17) is 0 Å². The van der Waals surface area contributed by atoms with Crippen LogP contribution in [-0.4, -0.2) is 41.0 Å². The van der Waals surface area contributed by atoms with E-state index in [2.05, 4.69) is 15.2 Å². The number of pyridine rings is 1. The van der Waals surface area contributed by atoms with Crippen LogP contribution in [0.2, 0.25) is 0 Å². The first kappa shape index (κ1) is 14.9. The summed E-state index contributed by atoms with van der Waals surface area (Å²) in [4.78, 5) is 17.2. The highest BCUT2D eigenvalue weighted by Crippen LogP contribution is 2.28. The largest absolute Gasteiger partial charge is 0.370 e. The molecule has 7 heteroatoms. The van der Waals surface area contributed by atoms with Gasteiger partial charge >= 0.3 is 0 Å². The van der Waals surface area contributed by atoms with E-state index in [0.717, 1.165) is 30.9 Å². The van der Waals surface area contributed by atoms with Gasteiger partial charge in [0.2, 0.25) is 0 Å². The minimum Gasteiger partial charge on any atom is -0.370 e. The van der Waals surface area contributed by atoms with Crippen LogP contribution in [0.15, 0.2) is 12.1 Å². The molecule has 1 aliphatic rings. The normalized spacial score (nSPS) is 18.0. The minimum absolute atomic E-state index is 0.0890. The summed E-state index contributed by atoms with van der Waals surface area (Å²) < 4.78 is 0. The summed E-state index contributed by atoms with van der Waals surface area (Å²) in [5.74, 6) is 3.45. The predicted octanol–water partition coefficient (Wildman–Crippen LogP) is 2.75. The molecule has 1 aromatic heterocycles. The standard InChI is InChI=1S/C13H20N4O2S/c1-3-5-14-12-7-11(17(18)19)8-13(15-12)16(2)10-4-6-20-9-10/h7-8,10H,3-6,9H2,1-2H3,(H,14,15). The number of nitro groups is 1. The zero-order valence-electron chi connectivity index (χ0n) is 11.8. The van der Waals surface area contributed by atoms with E-state index in [9.17, 15) is 10.1 Å². The lowest BCUT2D eigenvalue weighted by Crippen LogP contribution is -2.32.